The molecule has 0 N–H and O–H groups in total. The summed E-state index contributed by atoms with van der Waals surface area (Å²) in [6.07, 6.45) is 4.04. The fourth-order valence-corrected chi connectivity index (χ4v) is 2.92. The number of hydrogen-bond donors (Lipinski definition) is 0. The van der Waals surface area contributed by atoms with Crippen LogP contribution < -0.4 is 0 Å². The maximum absolute atomic E-state index is 5.90. The Morgan fingerprint density at radius 3 is 2.65 bits per heavy atom. The van der Waals surface area contributed by atoms with Gasteiger partial charge in [-0.3, -0.25) is 0 Å². The molecule has 1 aromatic rings. The van der Waals surface area contributed by atoms with Gasteiger partial charge in [0.1, 0.15) is 0 Å². The Hall–Kier alpha value is -0.340. The van der Waals surface area contributed by atoms with E-state index in [1.165, 1.54) is 24.8 Å². The van der Waals surface area contributed by atoms with Crippen LogP contribution in [0.15, 0.2) is 28.7 Å². The van der Waals surface area contributed by atoms with Crippen LogP contribution in [0.2, 0.25) is 0 Å². The molecule has 17 heavy (non-hydrogen) atoms. The summed E-state index contributed by atoms with van der Waals surface area (Å²) >= 11 is 3.47. The van der Waals surface area contributed by atoms with Crippen molar-refractivity contribution >= 4 is 15.9 Å². The molecule has 2 unspecified atom stereocenters. The molecule has 1 nitrogen and oxygen atoms in total. The fourth-order valence-electron chi connectivity index (χ4n) is 2.66. The lowest BCUT2D eigenvalue weighted by Gasteiger charge is -2.30. The van der Waals surface area contributed by atoms with Crippen LogP contribution in [0.4, 0.5) is 0 Å². The quantitative estimate of drug-likeness (QED) is 0.766. The summed E-state index contributed by atoms with van der Waals surface area (Å²) in [7, 11) is 0. The van der Waals surface area contributed by atoms with E-state index in [9.17, 15) is 0 Å². The highest BCUT2D eigenvalue weighted by atomic mass is 79.9. The minimum Gasteiger partial charge on any atom is -0.374 e. The van der Waals surface area contributed by atoms with Crippen molar-refractivity contribution in [2.24, 2.45) is 11.8 Å². The molecular weight excluding hydrogens is 276 g/mol. The molecule has 0 aromatic heterocycles. The van der Waals surface area contributed by atoms with Gasteiger partial charge in [0.25, 0.3) is 0 Å². The summed E-state index contributed by atoms with van der Waals surface area (Å²) in [5.41, 5.74) is 1.32. The number of rotatable bonds is 3. The average molecular weight is 297 g/mol. The van der Waals surface area contributed by atoms with Gasteiger partial charge in [-0.05, 0) is 48.8 Å². The Labute approximate surface area is 113 Å². The molecule has 0 spiro atoms. The van der Waals surface area contributed by atoms with E-state index in [1.54, 1.807) is 0 Å². The molecule has 2 rings (SSSR count). The van der Waals surface area contributed by atoms with E-state index in [2.05, 4.69) is 54.0 Å². The summed E-state index contributed by atoms with van der Waals surface area (Å²) in [4.78, 5) is 0. The highest BCUT2D eigenvalue weighted by molar-refractivity contribution is 9.10. The Morgan fingerprint density at radius 2 is 2.00 bits per heavy atom. The predicted octanol–water partition coefficient (Wildman–Crippen LogP) is 4.96. The summed E-state index contributed by atoms with van der Waals surface area (Å²) in [6.45, 7) is 5.53. The van der Waals surface area contributed by atoms with Crippen molar-refractivity contribution in [3.05, 3.63) is 34.3 Å². The van der Waals surface area contributed by atoms with Gasteiger partial charge in [-0.25, -0.2) is 0 Å². The van der Waals surface area contributed by atoms with Crippen molar-refractivity contribution in [1.29, 1.82) is 0 Å². The molecule has 94 valence electrons. The van der Waals surface area contributed by atoms with Crippen LogP contribution in [0, 0.1) is 11.8 Å². The zero-order valence-electron chi connectivity index (χ0n) is 10.7. The molecule has 1 heterocycles. The SMILES string of the molecule is CC(C)CC1CCOC(c2ccc(Br)cc2)C1. The third-order valence-corrected chi connectivity index (χ3v) is 3.97. The number of halogens is 1. The number of ether oxygens (including phenoxy) is 1. The van der Waals surface area contributed by atoms with Crippen molar-refractivity contribution < 1.29 is 4.74 Å². The molecule has 0 saturated carbocycles. The Morgan fingerprint density at radius 1 is 1.29 bits per heavy atom. The first kappa shape index (κ1) is 13.1. The lowest BCUT2D eigenvalue weighted by atomic mass is 9.86. The van der Waals surface area contributed by atoms with Gasteiger partial charge in [-0.2, -0.15) is 0 Å². The summed E-state index contributed by atoms with van der Waals surface area (Å²) in [5, 5.41) is 0. The molecule has 2 atom stereocenters. The largest absolute Gasteiger partial charge is 0.374 e. The maximum Gasteiger partial charge on any atom is 0.0827 e. The highest BCUT2D eigenvalue weighted by Crippen LogP contribution is 2.34. The van der Waals surface area contributed by atoms with Gasteiger partial charge >= 0.3 is 0 Å². The van der Waals surface area contributed by atoms with E-state index >= 15 is 0 Å². The molecule has 0 bridgehead atoms. The molecule has 0 aliphatic carbocycles. The fraction of sp³-hybridized carbons (Fsp3) is 0.600. The monoisotopic (exact) mass is 296 g/mol. The van der Waals surface area contributed by atoms with Crippen LogP contribution in [0.25, 0.3) is 0 Å². The third kappa shape index (κ3) is 3.82. The molecule has 0 radical (unpaired) electrons. The van der Waals surface area contributed by atoms with Gasteiger partial charge in [0.2, 0.25) is 0 Å². The Kier molecular flexibility index (Phi) is 4.63. The van der Waals surface area contributed by atoms with E-state index in [1.807, 2.05) is 0 Å². The number of benzene rings is 1. The second kappa shape index (κ2) is 6.01. The smallest absolute Gasteiger partial charge is 0.0827 e. The standard InChI is InChI=1S/C15H21BrO/c1-11(2)9-12-7-8-17-15(10-12)13-3-5-14(16)6-4-13/h3-6,11-12,15H,7-10H2,1-2H3. The molecular formula is C15H21BrO. The normalized spacial score (nSPS) is 25.2. The predicted molar refractivity (Wildman–Crippen MR) is 75.0 cm³/mol. The molecule has 1 fully saturated rings. The number of hydrogen-bond acceptors (Lipinski definition) is 1. The van der Waals surface area contributed by atoms with Crippen molar-refractivity contribution in [2.45, 2.75) is 39.2 Å². The molecule has 1 aliphatic heterocycles. The third-order valence-electron chi connectivity index (χ3n) is 3.44. The highest BCUT2D eigenvalue weighted by Gasteiger charge is 2.24. The molecule has 1 saturated heterocycles. The van der Waals surface area contributed by atoms with Crippen molar-refractivity contribution in [1.82, 2.24) is 0 Å². The summed E-state index contributed by atoms with van der Waals surface area (Å²) in [6, 6.07) is 8.55. The lowest BCUT2D eigenvalue weighted by Crippen LogP contribution is -2.21. The van der Waals surface area contributed by atoms with Crippen LogP contribution in [0.1, 0.15) is 44.8 Å². The zero-order valence-corrected chi connectivity index (χ0v) is 12.2. The Balaban J connectivity index is 1.99. The van der Waals surface area contributed by atoms with Crippen molar-refractivity contribution in [2.75, 3.05) is 6.61 Å². The molecule has 1 aromatic carbocycles. The summed E-state index contributed by atoms with van der Waals surface area (Å²) < 4.78 is 7.04. The van der Waals surface area contributed by atoms with Gasteiger partial charge < -0.3 is 4.74 Å². The van der Waals surface area contributed by atoms with Gasteiger partial charge in [0.15, 0.2) is 0 Å². The minimum absolute atomic E-state index is 0.306. The van der Waals surface area contributed by atoms with Crippen molar-refractivity contribution in [3.63, 3.8) is 0 Å². The van der Waals surface area contributed by atoms with Crippen LogP contribution in [0.5, 0.6) is 0 Å². The van der Waals surface area contributed by atoms with E-state index in [0.717, 1.165) is 22.9 Å². The molecule has 0 amide bonds. The van der Waals surface area contributed by atoms with Crippen LogP contribution in [-0.4, -0.2) is 6.61 Å². The van der Waals surface area contributed by atoms with E-state index in [-0.39, 0.29) is 0 Å². The molecule has 1 aliphatic rings. The first-order valence-electron chi connectivity index (χ1n) is 6.52. The second-order valence-corrected chi connectivity index (χ2v) is 6.35. The first-order valence-corrected chi connectivity index (χ1v) is 7.31. The van der Waals surface area contributed by atoms with Crippen LogP contribution in [-0.2, 0) is 4.74 Å². The lowest BCUT2D eigenvalue weighted by molar-refractivity contribution is -0.0144. The van der Waals surface area contributed by atoms with Crippen LogP contribution in [0.3, 0.4) is 0 Å². The van der Waals surface area contributed by atoms with Gasteiger partial charge in [-0.15, -0.1) is 0 Å². The van der Waals surface area contributed by atoms with E-state index in [0.29, 0.717) is 6.10 Å². The minimum atomic E-state index is 0.306. The van der Waals surface area contributed by atoms with Gasteiger partial charge in [-0.1, -0.05) is 41.9 Å². The summed E-state index contributed by atoms with van der Waals surface area (Å²) in [5.74, 6) is 1.63. The molecule has 2 heteroatoms. The van der Waals surface area contributed by atoms with E-state index < -0.39 is 0 Å². The Bertz CT molecular complexity index is 344. The topological polar surface area (TPSA) is 9.23 Å². The first-order chi connectivity index (χ1) is 8.15. The average Bonchev–Trinajstić information content (AvgIpc) is 2.29. The maximum atomic E-state index is 5.90. The van der Waals surface area contributed by atoms with E-state index in [4.69, 9.17) is 4.74 Å². The second-order valence-electron chi connectivity index (χ2n) is 5.43. The van der Waals surface area contributed by atoms with Gasteiger partial charge in [0.05, 0.1) is 6.10 Å². The van der Waals surface area contributed by atoms with Gasteiger partial charge in [0, 0.05) is 11.1 Å². The van der Waals surface area contributed by atoms with Crippen molar-refractivity contribution in [3.8, 4) is 0 Å². The van der Waals surface area contributed by atoms with Crippen LogP contribution >= 0.6 is 15.9 Å². The zero-order chi connectivity index (χ0) is 12.3.